The number of aromatic nitrogens is 2. The molecule has 0 aliphatic carbocycles. The zero-order chi connectivity index (χ0) is 23.8. The van der Waals surface area contributed by atoms with Crippen LogP contribution in [-0.2, 0) is 4.74 Å². The van der Waals surface area contributed by atoms with Crippen molar-refractivity contribution in [3.8, 4) is 11.4 Å². The number of benzene rings is 1. The largest absolute Gasteiger partial charge is 0.446 e. The molecule has 2 rings (SSSR count). The summed E-state index contributed by atoms with van der Waals surface area (Å²) < 4.78 is 22.1. The summed E-state index contributed by atoms with van der Waals surface area (Å²) in [5, 5.41) is 6.09. The first-order valence-corrected chi connectivity index (χ1v) is 10.6. The number of amides is 2. The number of halogens is 1. The van der Waals surface area contributed by atoms with E-state index in [1.54, 1.807) is 49.4 Å². The molecule has 0 fully saturated rings. The highest BCUT2D eigenvalue weighted by atomic mass is 19.1. The van der Waals surface area contributed by atoms with Crippen LogP contribution in [0.15, 0.2) is 59.4 Å². The number of nitrogens with one attached hydrogen (secondary N) is 1. The van der Waals surface area contributed by atoms with Gasteiger partial charge in [-0.1, -0.05) is 69.1 Å². The number of carbonyl (C=O) groups excluding carboxylic acids is 2. The van der Waals surface area contributed by atoms with Crippen molar-refractivity contribution in [3.63, 3.8) is 0 Å². The van der Waals surface area contributed by atoms with Gasteiger partial charge < -0.3 is 9.26 Å². The second kappa shape index (κ2) is 15.3. The summed E-state index contributed by atoms with van der Waals surface area (Å²) in [6, 6.07) is 6.48. The van der Waals surface area contributed by atoms with E-state index in [1.807, 2.05) is 13.8 Å². The van der Waals surface area contributed by atoms with Crippen LogP contribution >= 0.6 is 0 Å². The van der Waals surface area contributed by atoms with Crippen LogP contribution in [0.5, 0.6) is 0 Å². The monoisotopic (exact) mass is 443 g/mol. The molecule has 1 aromatic carbocycles. The van der Waals surface area contributed by atoms with Gasteiger partial charge in [-0.2, -0.15) is 4.98 Å². The van der Waals surface area contributed by atoms with E-state index in [1.165, 1.54) is 12.2 Å². The fraction of sp³-hybridized carbons (Fsp3) is 0.333. The molecule has 0 aliphatic rings. The lowest BCUT2D eigenvalue weighted by atomic mass is 10.1. The van der Waals surface area contributed by atoms with Crippen molar-refractivity contribution in [2.75, 3.05) is 0 Å². The van der Waals surface area contributed by atoms with Crippen molar-refractivity contribution in [2.45, 2.75) is 53.1 Å². The van der Waals surface area contributed by atoms with Gasteiger partial charge in [-0.15, -0.1) is 0 Å². The van der Waals surface area contributed by atoms with Gasteiger partial charge in [0.1, 0.15) is 6.10 Å². The third-order valence-corrected chi connectivity index (χ3v) is 3.96. The predicted octanol–water partition coefficient (Wildman–Crippen LogP) is 6.26. The Morgan fingerprint density at radius 1 is 1.22 bits per heavy atom. The van der Waals surface area contributed by atoms with Gasteiger partial charge in [-0.25, -0.2) is 9.18 Å². The number of hydrogen-bond donors (Lipinski definition) is 1. The first-order chi connectivity index (χ1) is 15.5. The average Bonchev–Trinajstić information content (AvgIpc) is 3.28. The minimum atomic E-state index is -0.781. The van der Waals surface area contributed by atoms with Gasteiger partial charge >= 0.3 is 6.09 Å². The Kier molecular flexibility index (Phi) is 12.6. The molecule has 0 aliphatic heterocycles. The van der Waals surface area contributed by atoms with Gasteiger partial charge in [0.2, 0.25) is 5.82 Å². The molecule has 1 heterocycles. The maximum Gasteiger partial charge on any atom is 0.414 e. The van der Waals surface area contributed by atoms with Gasteiger partial charge in [0, 0.05) is 17.2 Å². The van der Waals surface area contributed by atoms with E-state index in [0.29, 0.717) is 11.9 Å². The zero-order valence-corrected chi connectivity index (χ0v) is 18.9. The molecule has 1 atom stereocenters. The van der Waals surface area contributed by atoms with Crippen molar-refractivity contribution in [2.24, 2.45) is 0 Å². The topological polar surface area (TPSA) is 94.3 Å². The minimum absolute atomic E-state index is 0.248. The fourth-order valence-corrected chi connectivity index (χ4v) is 2.46. The molecule has 0 radical (unpaired) electrons. The third-order valence-electron chi connectivity index (χ3n) is 3.96. The zero-order valence-electron chi connectivity index (χ0n) is 18.9. The summed E-state index contributed by atoms with van der Waals surface area (Å²) in [6.07, 6.45) is 9.59. The van der Waals surface area contributed by atoms with Crippen LogP contribution in [0.3, 0.4) is 0 Å². The smallest absolute Gasteiger partial charge is 0.414 e. The molecular weight excluding hydrogens is 413 g/mol. The number of rotatable bonds is 9. The molecule has 0 bridgehead atoms. The van der Waals surface area contributed by atoms with Crippen LogP contribution in [0.2, 0.25) is 0 Å². The summed E-state index contributed by atoms with van der Waals surface area (Å²) in [5.74, 6) is -0.0507. The number of nitrogens with zero attached hydrogens (tertiary/aromatic N) is 2. The molecule has 0 saturated heterocycles. The maximum atomic E-state index is 12.3. The van der Waals surface area contributed by atoms with Crippen LogP contribution in [0.4, 0.5) is 9.18 Å². The first-order valence-electron chi connectivity index (χ1n) is 10.6. The van der Waals surface area contributed by atoms with Gasteiger partial charge in [-0.05, 0) is 31.6 Å². The Labute approximate surface area is 188 Å². The number of carbonyl (C=O) groups is 2. The average molecular weight is 444 g/mol. The number of unbranched alkanes of at least 4 members (excludes halogenated alkanes) is 1. The molecule has 8 heteroatoms. The molecule has 0 spiro atoms. The molecular formula is C24H30FN3O4. The van der Waals surface area contributed by atoms with Crippen LogP contribution in [-0.4, -0.2) is 28.2 Å². The number of alkyl carbamates (subject to hydrolysis) is 1. The first kappa shape index (κ1) is 26.5. The van der Waals surface area contributed by atoms with E-state index in [2.05, 4.69) is 22.4 Å². The molecule has 172 valence electrons. The lowest BCUT2D eigenvalue weighted by molar-refractivity contribution is 0.0834. The normalized spacial score (nSPS) is 12.0. The fourth-order valence-electron chi connectivity index (χ4n) is 2.46. The highest BCUT2D eigenvalue weighted by Gasteiger charge is 2.15. The maximum absolute atomic E-state index is 12.3. The van der Waals surface area contributed by atoms with E-state index in [-0.39, 0.29) is 23.4 Å². The summed E-state index contributed by atoms with van der Waals surface area (Å²) >= 11 is 0. The van der Waals surface area contributed by atoms with E-state index >= 15 is 0 Å². The van der Waals surface area contributed by atoms with E-state index in [4.69, 9.17) is 9.26 Å². The van der Waals surface area contributed by atoms with Crippen LogP contribution in [0.1, 0.15) is 63.2 Å². The van der Waals surface area contributed by atoms with Crippen molar-refractivity contribution in [1.29, 1.82) is 0 Å². The highest BCUT2D eigenvalue weighted by molar-refractivity contribution is 6.03. The van der Waals surface area contributed by atoms with Crippen LogP contribution in [0.25, 0.3) is 17.5 Å². The summed E-state index contributed by atoms with van der Waals surface area (Å²) in [5.41, 5.74) is 0.806. The predicted molar refractivity (Wildman–Crippen MR) is 122 cm³/mol. The second-order valence-corrected chi connectivity index (χ2v) is 6.41. The van der Waals surface area contributed by atoms with Crippen LogP contribution in [0, 0.1) is 0 Å². The SMILES string of the molecule is CC.CCCCC(C)OC(=O)NC(=O)c1cccc(-c2noc(/C=C/C=C\C=C\F)n2)c1. The number of imide groups is 1. The van der Waals surface area contributed by atoms with E-state index < -0.39 is 12.0 Å². The standard InChI is InChI=1S/C22H24FN3O4.C2H6/c1-3-4-10-16(2)29-22(28)25-21(27)18-12-9-11-17(15-18)20-24-19(30-26-20)13-7-5-6-8-14-23;1-2/h5-9,11-16H,3-4,10H2,1-2H3,(H,25,27,28);1-2H3/b6-5-,13-7+,14-8+;. The Hall–Kier alpha value is -3.55. The molecule has 2 amide bonds. The van der Waals surface area contributed by atoms with Crippen molar-refractivity contribution >= 4 is 18.1 Å². The van der Waals surface area contributed by atoms with E-state index in [0.717, 1.165) is 19.3 Å². The summed E-state index contributed by atoms with van der Waals surface area (Å²) in [6.45, 7) is 7.84. The van der Waals surface area contributed by atoms with Gasteiger partial charge in [0.05, 0.1) is 6.33 Å². The molecule has 1 aromatic heterocycles. The summed E-state index contributed by atoms with van der Waals surface area (Å²) in [4.78, 5) is 28.4. The van der Waals surface area contributed by atoms with Crippen molar-refractivity contribution < 1.29 is 23.2 Å². The molecule has 2 aromatic rings. The van der Waals surface area contributed by atoms with Crippen molar-refractivity contribution in [1.82, 2.24) is 15.5 Å². The van der Waals surface area contributed by atoms with Gasteiger partial charge in [-0.3, -0.25) is 10.1 Å². The number of hydrogen-bond acceptors (Lipinski definition) is 6. The minimum Gasteiger partial charge on any atom is -0.446 e. The molecule has 0 saturated carbocycles. The quantitative estimate of drug-likeness (QED) is 0.460. The van der Waals surface area contributed by atoms with Crippen LogP contribution < -0.4 is 5.32 Å². The van der Waals surface area contributed by atoms with Crippen molar-refractivity contribution in [3.05, 3.63) is 66.4 Å². The molecule has 7 nitrogen and oxygen atoms in total. The second-order valence-electron chi connectivity index (χ2n) is 6.41. The molecule has 1 unspecified atom stereocenters. The van der Waals surface area contributed by atoms with E-state index in [9.17, 15) is 14.0 Å². The lowest BCUT2D eigenvalue weighted by Crippen LogP contribution is -2.33. The Balaban J connectivity index is 0.00000249. The lowest BCUT2D eigenvalue weighted by Gasteiger charge is -2.13. The Morgan fingerprint density at radius 2 is 1.97 bits per heavy atom. The van der Waals surface area contributed by atoms with Gasteiger partial charge in [0.25, 0.3) is 11.8 Å². The Morgan fingerprint density at radius 3 is 2.69 bits per heavy atom. The third kappa shape index (κ3) is 9.51. The number of allylic oxidation sites excluding steroid dienone is 4. The molecule has 1 N–H and O–H groups in total. The number of ether oxygens (including phenoxy) is 1. The highest BCUT2D eigenvalue weighted by Crippen LogP contribution is 2.18. The Bertz CT molecular complexity index is 935. The molecule has 32 heavy (non-hydrogen) atoms. The summed E-state index contributed by atoms with van der Waals surface area (Å²) in [7, 11) is 0. The van der Waals surface area contributed by atoms with Gasteiger partial charge in [0.15, 0.2) is 0 Å².